The van der Waals surface area contributed by atoms with Crippen molar-refractivity contribution in [1.29, 1.82) is 0 Å². The molecule has 0 fully saturated rings. The summed E-state index contributed by atoms with van der Waals surface area (Å²) >= 11 is -2.54. The summed E-state index contributed by atoms with van der Waals surface area (Å²) in [7, 11) is 0. The van der Waals surface area contributed by atoms with Gasteiger partial charge in [-0.25, -0.2) is 0 Å². The van der Waals surface area contributed by atoms with Gasteiger partial charge in [-0.15, -0.1) is 0 Å². The summed E-state index contributed by atoms with van der Waals surface area (Å²) in [4.78, 5) is 0. The molecule has 0 bridgehead atoms. The second-order valence-corrected chi connectivity index (χ2v) is 21.6. The van der Waals surface area contributed by atoms with E-state index in [1.165, 1.54) is 25.7 Å². The monoisotopic (exact) mass is 390 g/mol. The van der Waals surface area contributed by atoms with Crippen molar-refractivity contribution in [2.45, 2.75) is 68.9 Å². The van der Waals surface area contributed by atoms with E-state index >= 15 is 0 Å². The van der Waals surface area contributed by atoms with Crippen molar-refractivity contribution in [2.24, 2.45) is 11.8 Å². The van der Waals surface area contributed by atoms with Gasteiger partial charge in [-0.3, -0.25) is 0 Å². The van der Waals surface area contributed by atoms with Gasteiger partial charge in [-0.1, -0.05) is 0 Å². The standard InChI is InChI=1S/2C10H15.2CH3.Zr/c2*1-9(2)7-8-10-5-3-4-6-10;;;/h2*3-6,9H,7-8H2,1-2H3;2*1H3;. The van der Waals surface area contributed by atoms with Crippen LogP contribution < -0.4 is 0 Å². The minimum atomic E-state index is -2.54. The number of rotatable bonds is 8. The molecule has 0 aromatic rings. The first-order valence-corrected chi connectivity index (χ1v) is 16.9. The molecule has 0 saturated heterocycles. The zero-order valence-electron chi connectivity index (χ0n) is 16.1. The number of allylic oxidation sites excluding steroid dienone is 8. The van der Waals surface area contributed by atoms with Crippen molar-refractivity contribution in [1.82, 2.24) is 0 Å². The quantitative estimate of drug-likeness (QED) is 0.398. The molecule has 2 rings (SSSR count). The summed E-state index contributed by atoms with van der Waals surface area (Å²) < 4.78 is 6.18. The summed E-state index contributed by atoms with van der Waals surface area (Å²) in [6, 6.07) is 0. The molecular weight excluding hydrogens is 355 g/mol. The van der Waals surface area contributed by atoms with Gasteiger partial charge >= 0.3 is 150 Å². The first-order chi connectivity index (χ1) is 10.7. The van der Waals surface area contributed by atoms with E-state index in [4.69, 9.17) is 0 Å². The first-order valence-electron chi connectivity index (χ1n) is 9.49. The predicted molar refractivity (Wildman–Crippen MR) is 102 cm³/mol. The van der Waals surface area contributed by atoms with Gasteiger partial charge in [0.25, 0.3) is 0 Å². The Morgan fingerprint density at radius 2 is 0.957 bits per heavy atom. The second-order valence-electron chi connectivity index (χ2n) is 9.01. The number of hydrogen-bond acceptors (Lipinski definition) is 0. The molecule has 0 aromatic carbocycles. The Balaban J connectivity index is 2.35. The third-order valence-corrected chi connectivity index (χ3v) is 20.7. The molecule has 0 nitrogen and oxygen atoms in total. The summed E-state index contributed by atoms with van der Waals surface area (Å²) in [5.41, 5.74) is 0. The molecule has 0 saturated carbocycles. The van der Waals surface area contributed by atoms with Crippen molar-refractivity contribution >= 4 is 0 Å². The fourth-order valence-corrected chi connectivity index (χ4v) is 15.3. The maximum atomic E-state index is 2.70. The van der Waals surface area contributed by atoms with Gasteiger partial charge in [0.2, 0.25) is 0 Å². The van der Waals surface area contributed by atoms with Gasteiger partial charge in [0.15, 0.2) is 0 Å². The summed E-state index contributed by atoms with van der Waals surface area (Å²) in [5, 5.41) is 0. The second kappa shape index (κ2) is 7.39. The molecule has 0 spiro atoms. The van der Waals surface area contributed by atoms with Crippen LogP contribution in [0.25, 0.3) is 0 Å². The fraction of sp³-hybridized carbons (Fsp3) is 0.636. The van der Waals surface area contributed by atoms with E-state index < -0.39 is 20.3 Å². The van der Waals surface area contributed by atoms with E-state index in [1.807, 2.05) is 0 Å². The number of hydrogen-bond donors (Lipinski definition) is 0. The molecule has 1 heteroatoms. The molecule has 2 aliphatic carbocycles. The topological polar surface area (TPSA) is 0 Å². The summed E-state index contributed by atoms with van der Waals surface area (Å²) in [6.07, 6.45) is 24.9. The van der Waals surface area contributed by atoms with Gasteiger partial charge in [-0.2, -0.15) is 0 Å². The van der Waals surface area contributed by atoms with E-state index in [0.29, 0.717) is 6.25 Å². The fourth-order valence-electron chi connectivity index (χ4n) is 4.30. The van der Waals surface area contributed by atoms with Crippen LogP contribution in [0.2, 0.25) is 15.5 Å². The minimum absolute atomic E-state index is 0.384. The molecule has 0 aliphatic heterocycles. The molecule has 128 valence electrons. The van der Waals surface area contributed by atoms with Crippen molar-refractivity contribution < 1.29 is 20.3 Å². The van der Waals surface area contributed by atoms with Crippen molar-refractivity contribution in [2.75, 3.05) is 0 Å². The predicted octanol–water partition coefficient (Wildman–Crippen LogP) is 7.68. The molecule has 0 aromatic heterocycles. The summed E-state index contributed by atoms with van der Waals surface area (Å²) in [5.74, 6) is 1.58. The molecule has 23 heavy (non-hydrogen) atoms. The van der Waals surface area contributed by atoms with Gasteiger partial charge < -0.3 is 0 Å². The van der Waals surface area contributed by atoms with E-state index in [0.717, 1.165) is 11.8 Å². The molecule has 0 radical (unpaired) electrons. The first kappa shape index (κ1) is 19.2. The third kappa shape index (κ3) is 3.76. The molecular formula is C22H36Zr. The molecule has 0 unspecified atom stereocenters. The normalized spacial score (nSPS) is 21.2. The Hall–Kier alpha value is -0.157. The third-order valence-electron chi connectivity index (χ3n) is 6.39. The van der Waals surface area contributed by atoms with E-state index in [2.05, 4.69) is 85.6 Å². The Labute approximate surface area is 149 Å². The van der Waals surface area contributed by atoms with Gasteiger partial charge in [0.05, 0.1) is 0 Å². The van der Waals surface area contributed by atoms with Crippen LogP contribution in [0.1, 0.15) is 53.4 Å². The van der Waals surface area contributed by atoms with Crippen LogP contribution in [0.4, 0.5) is 0 Å². The Morgan fingerprint density at radius 3 is 1.22 bits per heavy atom. The maximum absolute atomic E-state index is 2.70. The summed E-state index contributed by atoms with van der Waals surface area (Å²) in [6.45, 7) is 9.45. The van der Waals surface area contributed by atoms with Crippen LogP contribution in [-0.2, 0) is 20.3 Å². The molecule has 0 N–H and O–H groups in total. The van der Waals surface area contributed by atoms with E-state index in [1.54, 1.807) is 0 Å². The van der Waals surface area contributed by atoms with E-state index in [9.17, 15) is 0 Å². The van der Waals surface area contributed by atoms with Crippen molar-refractivity contribution in [3.05, 3.63) is 48.6 Å². The zero-order valence-corrected chi connectivity index (χ0v) is 18.6. The van der Waals surface area contributed by atoms with Crippen LogP contribution in [0.5, 0.6) is 0 Å². The van der Waals surface area contributed by atoms with Crippen LogP contribution in [0.3, 0.4) is 0 Å². The SMILES string of the molecule is CC(C)CC[C]1([Zr]([CH3])([CH3])[C]2(CCC(C)C)C=CC=C2)C=CC=C1. The van der Waals surface area contributed by atoms with Crippen molar-refractivity contribution in [3.63, 3.8) is 0 Å². The Bertz CT molecular complexity index is 444. The Kier molecular flexibility index (Phi) is 6.16. The van der Waals surface area contributed by atoms with Gasteiger partial charge in [0, 0.05) is 0 Å². The van der Waals surface area contributed by atoms with Crippen molar-refractivity contribution in [3.8, 4) is 0 Å². The molecule has 0 heterocycles. The molecule has 0 amide bonds. The van der Waals surface area contributed by atoms with E-state index in [-0.39, 0.29) is 0 Å². The molecule has 0 atom stereocenters. The average Bonchev–Trinajstić information content (AvgIpc) is 3.14. The van der Waals surface area contributed by atoms with Crippen LogP contribution in [0, 0.1) is 11.8 Å². The van der Waals surface area contributed by atoms with Crippen LogP contribution >= 0.6 is 0 Å². The Morgan fingerprint density at radius 1 is 0.652 bits per heavy atom. The average molecular weight is 392 g/mol. The van der Waals surface area contributed by atoms with Crippen LogP contribution in [-0.4, -0.2) is 0 Å². The van der Waals surface area contributed by atoms with Gasteiger partial charge in [-0.05, 0) is 0 Å². The van der Waals surface area contributed by atoms with Crippen LogP contribution in [0.15, 0.2) is 48.6 Å². The molecule has 2 aliphatic rings. The zero-order chi connectivity index (χ0) is 17.1. The van der Waals surface area contributed by atoms with Gasteiger partial charge in [0.1, 0.15) is 0 Å².